The van der Waals surface area contributed by atoms with Gasteiger partial charge in [0.1, 0.15) is 11.3 Å². The summed E-state index contributed by atoms with van der Waals surface area (Å²) in [4.78, 5) is 23.1. The van der Waals surface area contributed by atoms with Gasteiger partial charge in [-0.15, -0.1) is 0 Å². The second-order valence-corrected chi connectivity index (χ2v) is 5.28. The zero-order valence-electron chi connectivity index (χ0n) is 12.5. The summed E-state index contributed by atoms with van der Waals surface area (Å²) in [7, 11) is 1.36. The summed E-state index contributed by atoms with van der Waals surface area (Å²) in [5.74, 6) is -1.22. The first-order chi connectivity index (χ1) is 11.0. The molecule has 120 valence electrons. The van der Waals surface area contributed by atoms with Gasteiger partial charge in [0, 0.05) is 12.5 Å². The van der Waals surface area contributed by atoms with Crippen LogP contribution in [-0.2, 0) is 11.2 Å². The smallest absolute Gasteiger partial charge is 0.339 e. The fraction of sp³-hybridized carbons (Fsp3) is 0.176. The predicted octanol–water partition coefficient (Wildman–Crippen LogP) is 3.62. The highest BCUT2D eigenvalue weighted by atomic mass is 35.5. The third-order valence-electron chi connectivity index (χ3n) is 3.28. The Morgan fingerprint density at radius 3 is 2.52 bits per heavy atom. The van der Waals surface area contributed by atoms with E-state index < -0.39 is 5.97 Å². The molecule has 0 saturated heterocycles. The summed E-state index contributed by atoms with van der Waals surface area (Å²) in [5.41, 5.74) is 1.33. The van der Waals surface area contributed by atoms with Gasteiger partial charge in [0.15, 0.2) is 0 Å². The van der Waals surface area contributed by atoms with E-state index in [9.17, 15) is 9.59 Å². The number of hydrogen-bond acceptors (Lipinski definition) is 3. The van der Waals surface area contributed by atoms with Gasteiger partial charge in [-0.05, 0) is 18.1 Å². The lowest BCUT2D eigenvalue weighted by atomic mass is 10.1. The molecule has 23 heavy (non-hydrogen) atoms. The molecule has 0 radical (unpaired) electrons. The van der Waals surface area contributed by atoms with Crippen molar-refractivity contribution in [3.05, 3.63) is 58.6 Å². The van der Waals surface area contributed by atoms with Gasteiger partial charge in [-0.2, -0.15) is 0 Å². The van der Waals surface area contributed by atoms with Crippen LogP contribution in [0, 0.1) is 0 Å². The Morgan fingerprint density at radius 2 is 1.91 bits per heavy atom. The molecule has 0 unspecified atom stereocenters. The van der Waals surface area contributed by atoms with E-state index in [1.54, 1.807) is 0 Å². The van der Waals surface area contributed by atoms with Crippen LogP contribution in [0.4, 0.5) is 5.69 Å². The molecule has 0 heterocycles. The van der Waals surface area contributed by atoms with Gasteiger partial charge >= 0.3 is 5.97 Å². The molecule has 5 nitrogen and oxygen atoms in total. The van der Waals surface area contributed by atoms with Crippen LogP contribution >= 0.6 is 11.6 Å². The summed E-state index contributed by atoms with van der Waals surface area (Å²) in [6.07, 6.45) is 0.901. The molecule has 2 aromatic rings. The number of aryl methyl sites for hydroxylation is 1. The third-order valence-corrected chi connectivity index (χ3v) is 3.59. The molecule has 2 rings (SSSR count). The standard InChI is InChI=1S/C17H16ClNO4/c1-23-15-10-14(13(18)9-12(15)17(21)22)19-16(20)8-7-11-5-3-2-4-6-11/h2-6,9-10H,7-8H2,1H3,(H,19,20)(H,21,22). The summed E-state index contributed by atoms with van der Waals surface area (Å²) in [5, 5.41) is 11.9. The Hall–Kier alpha value is -2.53. The molecule has 2 aromatic carbocycles. The minimum atomic E-state index is -1.15. The number of aromatic carboxylic acids is 1. The molecule has 0 bridgehead atoms. The lowest BCUT2D eigenvalue weighted by molar-refractivity contribution is -0.116. The number of ether oxygens (including phenoxy) is 1. The van der Waals surface area contributed by atoms with Crippen molar-refractivity contribution in [1.82, 2.24) is 0 Å². The highest BCUT2D eigenvalue weighted by Gasteiger charge is 2.16. The van der Waals surface area contributed by atoms with Crippen molar-refractivity contribution >= 4 is 29.2 Å². The van der Waals surface area contributed by atoms with Crippen molar-refractivity contribution in [2.75, 3.05) is 12.4 Å². The maximum atomic E-state index is 12.0. The van der Waals surface area contributed by atoms with Crippen molar-refractivity contribution in [2.24, 2.45) is 0 Å². The van der Waals surface area contributed by atoms with Crippen LogP contribution in [-0.4, -0.2) is 24.1 Å². The number of rotatable bonds is 6. The highest BCUT2D eigenvalue weighted by molar-refractivity contribution is 6.34. The van der Waals surface area contributed by atoms with E-state index in [4.69, 9.17) is 21.4 Å². The van der Waals surface area contributed by atoms with Crippen molar-refractivity contribution in [2.45, 2.75) is 12.8 Å². The molecular formula is C17H16ClNO4. The van der Waals surface area contributed by atoms with Gasteiger partial charge in [-0.1, -0.05) is 41.9 Å². The van der Waals surface area contributed by atoms with Crippen LogP contribution in [0.15, 0.2) is 42.5 Å². The number of carboxylic acids is 1. The van der Waals surface area contributed by atoms with E-state index in [0.717, 1.165) is 5.56 Å². The molecule has 0 spiro atoms. The topological polar surface area (TPSA) is 75.6 Å². The number of benzene rings is 2. The quantitative estimate of drug-likeness (QED) is 0.846. The molecule has 6 heteroatoms. The fourth-order valence-electron chi connectivity index (χ4n) is 2.10. The molecule has 0 atom stereocenters. The number of nitrogens with one attached hydrogen (secondary N) is 1. The SMILES string of the molecule is COc1cc(NC(=O)CCc2ccccc2)c(Cl)cc1C(=O)O. The fourth-order valence-corrected chi connectivity index (χ4v) is 2.31. The maximum absolute atomic E-state index is 12.0. The number of carbonyl (C=O) groups is 2. The average Bonchev–Trinajstić information content (AvgIpc) is 2.55. The van der Waals surface area contributed by atoms with Crippen LogP contribution in [0.1, 0.15) is 22.3 Å². The second-order valence-electron chi connectivity index (χ2n) is 4.87. The largest absolute Gasteiger partial charge is 0.496 e. The Bertz CT molecular complexity index is 716. The lowest BCUT2D eigenvalue weighted by Crippen LogP contribution is -2.13. The Kier molecular flexibility index (Phi) is 5.60. The monoisotopic (exact) mass is 333 g/mol. The number of methoxy groups -OCH3 is 1. The number of amides is 1. The Balaban J connectivity index is 2.07. The van der Waals surface area contributed by atoms with Crippen molar-refractivity contribution in [1.29, 1.82) is 0 Å². The van der Waals surface area contributed by atoms with Gasteiger partial charge in [0.25, 0.3) is 0 Å². The van der Waals surface area contributed by atoms with E-state index in [-0.39, 0.29) is 22.2 Å². The van der Waals surface area contributed by atoms with Gasteiger partial charge < -0.3 is 15.2 Å². The molecule has 0 fully saturated rings. The third kappa shape index (κ3) is 4.47. The van der Waals surface area contributed by atoms with Crippen molar-refractivity contribution in [3.8, 4) is 5.75 Å². The molecule has 2 N–H and O–H groups in total. The van der Waals surface area contributed by atoms with Gasteiger partial charge in [0.05, 0.1) is 17.8 Å². The zero-order valence-corrected chi connectivity index (χ0v) is 13.3. The molecule has 0 aliphatic heterocycles. The molecule has 1 amide bonds. The van der Waals surface area contributed by atoms with E-state index in [1.807, 2.05) is 30.3 Å². The maximum Gasteiger partial charge on any atom is 0.339 e. The molecule has 0 aliphatic carbocycles. The van der Waals surface area contributed by atoms with Crippen LogP contribution in [0.5, 0.6) is 5.75 Å². The molecule has 0 aliphatic rings. The first kappa shape index (κ1) is 16.8. The van der Waals surface area contributed by atoms with Crippen molar-refractivity contribution in [3.63, 3.8) is 0 Å². The predicted molar refractivity (Wildman–Crippen MR) is 88.4 cm³/mol. The van der Waals surface area contributed by atoms with Gasteiger partial charge in [-0.3, -0.25) is 4.79 Å². The normalized spacial score (nSPS) is 10.2. The minimum Gasteiger partial charge on any atom is -0.496 e. The number of hydrogen-bond donors (Lipinski definition) is 2. The van der Waals surface area contributed by atoms with E-state index >= 15 is 0 Å². The number of carbonyl (C=O) groups excluding carboxylic acids is 1. The molecule has 0 aromatic heterocycles. The second kappa shape index (κ2) is 7.65. The van der Waals surface area contributed by atoms with Crippen LogP contribution < -0.4 is 10.1 Å². The first-order valence-corrected chi connectivity index (χ1v) is 7.33. The van der Waals surface area contributed by atoms with Crippen LogP contribution in [0.3, 0.4) is 0 Å². The summed E-state index contributed by atoms with van der Waals surface area (Å²) in [6.45, 7) is 0. The Labute approximate surface area is 138 Å². The van der Waals surface area contributed by atoms with Gasteiger partial charge in [0.2, 0.25) is 5.91 Å². The summed E-state index contributed by atoms with van der Waals surface area (Å²) < 4.78 is 5.02. The number of carboxylic acid groups (broad SMARTS) is 1. The van der Waals surface area contributed by atoms with Crippen LogP contribution in [0.25, 0.3) is 0 Å². The van der Waals surface area contributed by atoms with E-state index in [2.05, 4.69) is 5.32 Å². The zero-order chi connectivity index (χ0) is 16.8. The van der Waals surface area contributed by atoms with Crippen LogP contribution in [0.2, 0.25) is 5.02 Å². The molecular weight excluding hydrogens is 318 g/mol. The lowest BCUT2D eigenvalue weighted by Gasteiger charge is -2.11. The number of anilines is 1. The highest BCUT2D eigenvalue weighted by Crippen LogP contribution is 2.31. The summed E-state index contributed by atoms with van der Waals surface area (Å²) >= 11 is 6.03. The minimum absolute atomic E-state index is 0.0558. The van der Waals surface area contributed by atoms with Gasteiger partial charge in [-0.25, -0.2) is 4.79 Å². The van der Waals surface area contributed by atoms with E-state index in [1.165, 1.54) is 19.2 Å². The first-order valence-electron chi connectivity index (χ1n) is 6.96. The Morgan fingerprint density at radius 1 is 1.22 bits per heavy atom. The van der Waals surface area contributed by atoms with Crippen molar-refractivity contribution < 1.29 is 19.4 Å². The van der Waals surface area contributed by atoms with E-state index in [0.29, 0.717) is 18.5 Å². The molecule has 0 saturated carbocycles. The number of halogens is 1. The summed E-state index contributed by atoms with van der Waals surface area (Å²) in [6, 6.07) is 12.3. The average molecular weight is 334 g/mol.